The van der Waals surface area contributed by atoms with Gasteiger partial charge in [-0.3, -0.25) is 4.79 Å². The average molecular weight is 221 g/mol. The molecular formula is C11H12FN3O. The second-order valence-corrected chi connectivity index (χ2v) is 3.47. The van der Waals surface area contributed by atoms with Crippen LogP contribution in [0.3, 0.4) is 0 Å². The molecule has 0 radical (unpaired) electrons. The van der Waals surface area contributed by atoms with Gasteiger partial charge < -0.3 is 11.1 Å². The van der Waals surface area contributed by atoms with Crippen molar-refractivity contribution in [3.63, 3.8) is 0 Å². The third-order valence-electron chi connectivity index (χ3n) is 2.03. The molecule has 5 heteroatoms. The summed E-state index contributed by atoms with van der Waals surface area (Å²) in [6.45, 7) is 1.69. The molecule has 16 heavy (non-hydrogen) atoms. The van der Waals surface area contributed by atoms with Crippen molar-refractivity contribution in [2.24, 2.45) is 0 Å². The van der Waals surface area contributed by atoms with E-state index >= 15 is 0 Å². The molecular weight excluding hydrogens is 209 g/mol. The van der Waals surface area contributed by atoms with Crippen LogP contribution in [-0.4, -0.2) is 11.9 Å². The molecule has 0 aliphatic rings. The number of nitrogens with one attached hydrogen (secondary N) is 1. The molecule has 3 N–H and O–H groups in total. The average Bonchev–Trinajstić information content (AvgIpc) is 2.21. The zero-order chi connectivity index (χ0) is 12.1. The number of rotatable bonds is 3. The van der Waals surface area contributed by atoms with Crippen molar-refractivity contribution in [2.45, 2.75) is 19.4 Å². The highest BCUT2D eigenvalue weighted by Crippen LogP contribution is 2.13. The van der Waals surface area contributed by atoms with Gasteiger partial charge >= 0.3 is 0 Å². The van der Waals surface area contributed by atoms with Gasteiger partial charge in [-0.1, -0.05) is 0 Å². The van der Waals surface area contributed by atoms with Crippen molar-refractivity contribution in [1.29, 1.82) is 5.26 Å². The quantitative estimate of drug-likeness (QED) is 0.758. The summed E-state index contributed by atoms with van der Waals surface area (Å²) in [5, 5.41) is 11.0. The van der Waals surface area contributed by atoms with Gasteiger partial charge in [-0.15, -0.1) is 0 Å². The van der Waals surface area contributed by atoms with Crippen LogP contribution in [0.4, 0.5) is 10.1 Å². The van der Waals surface area contributed by atoms with Crippen molar-refractivity contribution in [3.8, 4) is 6.07 Å². The lowest BCUT2D eigenvalue weighted by Crippen LogP contribution is -2.32. The van der Waals surface area contributed by atoms with Gasteiger partial charge in [-0.25, -0.2) is 4.39 Å². The fourth-order valence-corrected chi connectivity index (χ4v) is 1.21. The molecule has 1 aromatic rings. The fourth-order valence-electron chi connectivity index (χ4n) is 1.21. The number of nitrogens with two attached hydrogens (primary N) is 1. The number of nitrogens with zero attached hydrogens (tertiary/aromatic N) is 1. The molecule has 0 saturated carbocycles. The van der Waals surface area contributed by atoms with E-state index in [0.29, 0.717) is 0 Å². The fraction of sp³-hybridized carbons (Fsp3) is 0.273. The number of halogens is 1. The van der Waals surface area contributed by atoms with Crippen LogP contribution in [-0.2, 0) is 0 Å². The summed E-state index contributed by atoms with van der Waals surface area (Å²) in [6.07, 6.45) is 0.195. The smallest absolute Gasteiger partial charge is 0.253 e. The first kappa shape index (κ1) is 12.0. The Kier molecular flexibility index (Phi) is 3.84. The molecule has 1 unspecified atom stereocenters. The highest BCUT2D eigenvalue weighted by Gasteiger charge is 2.13. The van der Waals surface area contributed by atoms with Gasteiger partial charge in [0.15, 0.2) is 0 Å². The molecule has 1 rings (SSSR count). The second kappa shape index (κ2) is 5.12. The highest BCUT2D eigenvalue weighted by atomic mass is 19.1. The number of benzene rings is 1. The lowest BCUT2D eigenvalue weighted by Gasteiger charge is -2.11. The summed E-state index contributed by atoms with van der Waals surface area (Å²) in [4.78, 5) is 11.6. The van der Waals surface area contributed by atoms with Gasteiger partial charge in [-0.05, 0) is 25.1 Å². The Hall–Kier alpha value is -2.09. The molecule has 0 fully saturated rings. The molecule has 1 atom stereocenters. The lowest BCUT2D eigenvalue weighted by molar-refractivity contribution is 0.0941. The maximum absolute atomic E-state index is 12.9. The van der Waals surface area contributed by atoms with Crippen LogP contribution in [0.15, 0.2) is 18.2 Å². The summed E-state index contributed by atoms with van der Waals surface area (Å²) >= 11 is 0. The Bertz CT molecular complexity index is 439. The number of amides is 1. The molecule has 1 aromatic carbocycles. The van der Waals surface area contributed by atoms with Crippen molar-refractivity contribution in [2.75, 3.05) is 5.73 Å². The lowest BCUT2D eigenvalue weighted by atomic mass is 10.1. The highest BCUT2D eigenvalue weighted by molar-refractivity contribution is 5.99. The largest absolute Gasteiger partial charge is 0.398 e. The number of carbonyl (C=O) groups excluding carboxylic acids is 1. The molecule has 0 bridgehead atoms. The molecule has 0 aliphatic carbocycles. The Morgan fingerprint density at radius 3 is 3.00 bits per heavy atom. The van der Waals surface area contributed by atoms with Gasteiger partial charge in [0.05, 0.1) is 18.1 Å². The number of hydrogen-bond donors (Lipinski definition) is 2. The molecule has 0 heterocycles. The van der Waals surface area contributed by atoms with E-state index in [1.807, 2.05) is 6.07 Å². The van der Waals surface area contributed by atoms with Crippen LogP contribution in [0.1, 0.15) is 23.7 Å². The Labute approximate surface area is 92.9 Å². The van der Waals surface area contributed by atoms with E-state index in [1.165, 1.54) is 12.1 Å². The molecule has 0 spiro atoms. The van der Waals surface area contributed by atoms with E-state index in [9.17, 15) is 9.18 Å². The maximum atomic E-state index is 12.9. The first-order chi connectivity index (χ1) is 7.54. The minimum atomic E-state index is -0.521. The van der Waals surface area contributed by atoms with Crippen LogP contribution < -0.4 is 11.1 Å². The monoisotopic (exact) mass is 221 g/mol. The Morgan fingerprint density at radius 1 is 1.69 bits per heavy atom. The van der Waals surface area contributed by atoms with Crippen LogP contribution in [0.5, 0.6) is 0 Å². The topological polar surface area (TPSA) is 78.9 Å². The number of carbonyl (C=O) groups is 1. The van der Waals surface area contributed by atoms with Gasteiger partial charge in [-0.2, -0.15) is 5.26 Å². The zero-order valence-corrected chi connectivity index (χ0v) is 8.83. The summed E-state index contributed by atoms with van der Waals surface area (Å²) in [5.41, 5.74) is 5.85. The third-order valence-corrected chi connectivity index (χ3v) is 2.03. The van der Waals surface area contributed by atoms with E-state index in [1.54, 1.807) is 6.92 Å². The first-order valence-electron chi connectivity index (χ1n) is 4.77. The molecule has 84 valence electrons. The van der Waals surface area contributed by atoms with Crippen molar-refractivity contribution >= 4 is 11.6 Å². The summed E-state index contributed by atoms with van der Waals surface area (Å²) < 4.78 is 12.9. The number of anilines is 1. The van der Waals surface area contributed by atoms with Crippen molar-refractivity contribution < 1.29 is 9.18 Å². The molecule has 0 aromatic heterocycles. The third kappa shape index (κ3) is 2.95. The molecule has 0 aliphatic heterocycles. The van der Waals surface area contributed by atoms with Crippen LogP contribution in [0.25, 0.3) is 0 Å². The van der Waals surface area contributed by atoms with E-state index in [2.05, 4.69) is 5.32 Å². The summed E-state index contributed by atoms with van der Waals surface area (Å²) in [6, 6.07) is 5.23. The molecule has 0 saturated heterocycles. The van der Waals surface area contributed by atoms with Crippen molar-refractivity contribution in [3.05, 3.63) is 29.6 Å². The van der Waals surface area contributed by atoms with Crippen LogP contribution >= 0.6 is 0 Å². The van der Waals surface area contributed by atoms with E-state index in [-0.39, 0.29) is 23.7 Å². The molecule has 4 nitrogen and oxygen atoms in total. The van der Waals surface area contributed by atoms with Crippen LogP contribution in [0.2, 0.25) is 0 Å². The Balaban J connectivity index is 2.81. The predicted octanol–water partition coefficient (Wildman–Crippen LogP) is 1.44. The minimum absolute atomic E-state index is 0.0878. The van der Waals surface area contributed by atoms with E-state index in [4.69, 9.17) is 11.0 Å². The zero-order valence-electron chi connectivity index (χ0n) is 8.83. The summed E-state index contributed by atoms with van der Waals surface area (Å²) in [7, 11) is 0. The minimum Gasteiger partial charge on any atom is -0.398 e. The van der Waals surface area contributed by atoms with E-state index in [0.717, 1.165) is 6.07 Å². The Morgan fingerprint density at radius 2 is 2.38 bits per heavy atom. The number of nitriles is 1. The SMILES string of the molecule is CC(CC#N)NC(=O)c1cc(F)ccc1N. The van der Waals surface area contributed by atoms with Crippen molar-refractivity contribution in [1.82, 2.24) is 5.32 Å². The first-order valence-corrected chi connectivity index (χ1v) is 4.77. The standard InChI is InChI=1S/C11H12FN3O/c1-7(4-5-13)15-11(16)9-6-8(12)2-3-10(9)14/h2-3,6-7H,4,14H2,1H3,(H,15,16). The van der Waals surface area contributed by atoms with Gasteiger partial charge in [0.2, 0.25) is 0 Å². The van der Waals surface area contributed by atoms with Gasteiger partial charge in [0, 0.05) is 11.7 Å². The maximum Gasteiger partial charge on any atom is 0.253 e. The van der Waals surface area contributed by atoms with Gasteiger partial charge in [0.25, 0.3) is 5.91 Å². The summed E-state index contributed by atoms with van der Waals surface area (Å²) in [5.74, 6) is -0.993. The van der Waals surface area contributed by atoms with Gasteiger partial charge in [0.1, 0.15) is 5.82 Å². The van der Waals surface area contributed by atoms with E-state index < -0.39 is 11.7 Å². The number of hydrogen-bond acceptors (Lipinski definition) is 3. The normalized spacial score (nSPS) is 11.6. The molecule has 1 amide bonds. The van der Waals surface area contributed by atoms with Crippen LogP contribution in [0, 0.1) is 17.1 Å². The number of nitrogen functional groups attached to an aromatic ring is 1. The predicted molar refractivity (Wildman–Crippen MR) is 58.0 cm³/mol. The second-order valence-electron chi connectivity index (χ2n) is 3.47.